The number of ether oxygens (including phenoxy) is 5. The molecule has 0 aliphatic carbocycles. The van der Waals surface area contributed by atoms with Gasteiger partial charge in [-0.2, -0.15) is 18.3 Å². The Labute approximate surface area is 311 Å². The van der Waals surface area contributed by atoms with Gasteiger partial charge in [0.15, 0.2) is 5.65 Å². The number of anilines is 1. The zero-order chi connectivity index (χ0) is 38.6. The maximum Gasteiger partial charge on any atom is 0.447 e. The van der Waals surface area contributed by atoms with E-state index in [1.165, 1.54) is 23.9 Å². The lowest BCUT2D eigenvalue weighted by atomic mass is 9.89. The lowest BCUT2D eigenvalue weighted by Crippen LogP contribution is -2.45. The Kier molecular flexibility index (Phi) is 15.1. The fourth-order valence-corrected chi connectivity index (χ4v) is 6.37. The average Bonchev–Trinajstić information content (AvgIpc) is 3.65. The van der Waals surface area contributed by atoms with Crippen molar-refractivity contribution in [3.05, 3.63) is 35.8 Å². The van der Waals surface area contributed by atoms with Crippen molar-refractivity contribution in [2.75, 3.05) is 72.1 Å². The summed E-state index contributed by atoms with van der Waals surface area (Å²) in [5.41, 5.74) is -4.16. The van der Waals surface area contributed by atoms with Gasteiger partial charge in [0.05, 0.1) is 58.5 Å². The Balaban J connectivity index is 1.33. The van der Waals surface area contributed by atoms with Crippen molar-refractivity contribution in [2.24, 2.45) is 5.92 Å². The maximum absolute atomic E-state index is 13.7. The van der Waals surface area contributed by atoms with E-state index in [9.17, 15) is 22.8 Å². The predicted octanol–water partition coefficient (Wildman–Crippen LogP) is 5.06. The van der Waals surface area contributed by atoms with Gasteiger partial charge in [-0.1, -0.05) is 5.92 Å². The summed E-state index contributed by atoms with van der Waals surface area (Å²) in [4.78, 5) is 30.8. The van der Waals surface area contributed by atoms with Gasteiger partial charge in [0.25, 0.3) is 0 Å². The lowest BCUT2D eigenvalue weighted by molar-refractivity contribution is -0.0330. The number of piperidine rings is 1. The molecule has 0 aromatic carbocycles. The van der Waals surface area contributed by atoms with Gasteiger partial charge in [-0.15, -0.1) is 0 Å². The number of hydrogen-bond donors (Lipinski definition) is 2. The third-order valence-electron chi connectivity index (χ3n) is 7.96. The number of methoxy groups -OCH3 is 1. The number of carbonyl (C=O) groups is 2. The molecule has 2 N–H and O–H groups in total. The summed E-state index contributed by atoms with van der Waals surface area (Å²) in [6, 6.07) is 3.49. The third-order valence-corrected chi connectivity index (χ3v) is 8.77. The zero-order valence-electron chi connectivity index (χ0n) is 30.9. The lowest BCUT2D eigenvalue weighted by Gasteiger charge is -2.37. The highest BCUT2D eigenvalue weighted by Gasteiger charge is 2.34. The molecule has 0 unspecified atom stereocenters. The minimum absolute atomic E-state index is 0.0174. The molecule has 4 heterocycles. The summed E-state index contributed by atoms with van der Waals surface area (Å²) in [6.07, 6.45) is 3.82. The molecule has 1 saturated heterocycles. The van der Waals surface area contributed by atoms with Crippen LogP contribution in [-0.4, -0.2) is 120 Å². The molecule has 1 fully saturated rings. The highest BCUT2D eigenvalue weighted by Crippen LogP contribution is 2.40. The molecule has 2 atom stereocenters. The second-order valence-corrected chi connectivity index (χ2v) is 14.2. The molecule has 4 rings (SSSR count). The maximum atomic E-state index is 13.7. The number of likely N-dealkylation sites (tertiary alicyclic amines) is 1. The number of hydrogen-bond acceptors (Lipinski definition) is 12. The monoisotopic (exact) mass is 767 g/mol. The van der Waals surface area contributed by atoms with Crippen LogP contribution in [0.25, 0.3) is 5.65 Å². The molecular weight excluding hydrogens is 719 g/mol. The van der Waals surface area contributed by atoms with E-state index in [0.29, 0.717) is 50.2 Å². The van der Waals surface area contributed by atoms with Gasteiger partial charge in [0, 0.05) is 37.2 Å². The van der Waals surface area contributed by atoms with Crippen LogP contribution in [0.4, 0.5) is 23.7 Å². The number of esters is 1. The number of amides is 1. The summed E-state index contributed by atoms with van der Waals surface area (Å²) in [6.45, 7) is 10.6. The van der Waals surface area contributed by atoms with Crippen LogP contribution in [-0.2, 0) is 25.5 Å². The van der Waals surface area contributed by atoms with Crippen LogP contribution in [0.15, 0.2) is 29.6 Å². The predicted molar refractivity (Wildman–Crippen MR) is 192 cm³/mol. The quantitative estimate of drug-likeness (QED) is 0.0871. The van der Waals surface area contributed by atoms with Gasteiger partial charge in [0.2, 0.25) is 5.88 Å². The summed E-state index contributed by atoms with van der Waals surface area (Å²) in [5.74, 6) is 5.40. The topological polar surface area (TPSA) is 143 Å². The molecular formula is C35H48F3N7O7S. The molecule has 1 amide bonds. The molecule has 0 spiro atoms. The second-order valence-electron chi connectivity index (χ2n) is 13.2. The SMILES string of the molecule is CCOC(=O)c1cnn(CCOCCOCC[C@H]2CN(C)CC[C@@H]2Nc2cccn3c(SC(F)(F)F)c(C#CCNC(=O)OC(C)(C)C)nc23)c1OC. The highest BCUT2D eigenvalue weighted by atomic mass is 32.2. The molecule has 53 heavy (non-hydrogen) atoms. The molecule has 18 heteroatoms. The van der Waals surface area contributed by atoms with Crippen LogP contribution in [0, 0.1) is 17.8 Å². The summed E-state index contributed by atoms with van der Waals surface area (Å²) in [5, 5.41) is 10.1. The number of halogens is 3. The van der Waals surface area contributed by atoms with Gasteiger partial charge >= 0.3 is 17.6 Å². The number of rotatable bonds is 16. The summed E-state index contributed by atoms with van der Waals surface area (Å²) >= 11 is -0.286. The molecule has 3 aromatic rings. The number of alkyl halides is 3. The van der Waals surface area contributed by atoms with E-state index >= 15 is 0 Å². The van der Waals surface area contributed by atoms with Gasteiger partial charge in [-0.3, -0.25) is 4.40 Å². The number of nitrogens with one attached hydrogen (secondary N) is 2. The second kappa shape index (κ2) is 19.2. The summed E-state index contributed by atoms with van der Waals surface area (Å²) < 4.78 is 71.1. The van der Waals surface area contributed by atoms with Crippen molar-refractivity contribution in [1.29, 1.82) is 0 Å². The van der Waals surface area contributed by atoms with Crippen molar-refractivity contribution in [3.63, 3.8) is 0 Å². The Bertz CT molecular complexity index is 1730. The largest absolute Gasteiger partial charge is 0.481 e. The van der Waals surface area contributed by atoms with Crippen molar-refractivity contribution >= 4 is 35.2 Å². The first kappa shape index (κ1) is 41.6. The van der Waals surface area contributed by atoms with Crippen LogP contribution in [0.5, 0.6) is 5.88 Å². The third kappa shape index (κ3) is 12.7. The minimum atomic E-state index is -4.57. The first-order chi connectivity index (χ1) is 25.2. The van der Waals surface area contributed by atoms with Crippen molar-refractivity contribution in [1.82, 2.24) is 29.4 Å². The number of thioether (sulfide) groups is 1. The minimum Gasteiger partial charge on any atom is -0.481 e. The van der Waals surface area contributed by atoms with Gasteiger partial charge in [-0.05, 0) is 78.1 Å². The number of aromatic nitrogens is 4. The summed E-state index contributed by atoms with van der Waals surface area (Å²) in [7, 11) is 3.52. The number of alkyl carbamates (subject to hydrolysis) is 1. The molecule has 1 aliphatic rings. The molecule has 292 valence electrons. The standard InChI is InChI=1S/C35H48F3N7O7S/c1-7-51-32(46)25-22-40-45(30(25)48-6)17-19-50-21-20-49-18-13-24-23-43(5)16-12-26(24)41-27-11-9-15-44-29(27)42-28(31(44)53-35(36,37)38)10-8-14-39-33(47)52-34(2,3)4/h9,11,15,22,24,26,41H,7,12-14,16-21,23H2,1-6H3,(H,39,47)/t24-,26-/m0/s1. The van der Waals surface area contributed by atoms with E-state index in [-0.39, 0.29) is 53.2 Å². The molecule has 3 aromatic heterocycles. The molecule has 1 aliphatic heterocycles. The molecule has 0 saturated carbocycles. The Morgan fingerprint density at radius 3 is 2.58 bits per heavy atom. The fourth-order valence-electron chi connectivity index (χ4n) is 5.71. The highest BCUT2D eigenvalue weighted by molar-refractivity contribution is 8.00. The van der Waals surface area contributed by atoms with Gasteiger partial charge in [-0.25, -0.2) is 19.3 Å². The van der Waals surface area contributed by atoms with Crippen LogP contribution < -0.4 is 15.4 Å². The average molecular weight is 768 g/mol. The number of fused-ring (bicyclic) bond motifs is 1. The van der Waals surface area contributed by atoms with Crippen LogP contribution in [0.3, 0.4) is 0 Å². The van der Waals surface area contributed by atoms with Crippen LogP contribution in [0.2, 0.25) is 0 Å². The van der Waals surface area contributed by atoms with Crippen LogP contribution in [0.1, 0.15) is 56.6 Å². The Morgan fingerprint density at radius 2 is 1.89 bits per heavy atom. The fraction of sp³-hybridized carbons (Fsp3) is 0.600. The zero-order valence-corrected chi connectivity index (χ0v) is 31.7. The molecule has 14 nitrogen and oxygen atoms in total. The van der Waals surface area contributed by atoms with E-state index in [2.05, 4.69) is 44.5 Å². The van der Waals surface area contributed by atoms with E-state index in [1.807, 2.05) is 0 Å². The van der Waals surface area contributed by atoms with Crippen LogP contribution >= 0.6 is 11.8 Å². The smallest absolute Gasteiger partial charge is 0.447 e. The van der Waals surface area contributed by atoms with E-state index in [0.717, 1.165) is 25.9 Å². The number of imidazole rings is 1. The van der Waals surface area contributed by atoms with Gasteiger partial charge < -0.3 is 39.2 Å². The molecule has 0 radical (unpaired) electrons. The number of carbonyl (C=O) groups excluding carboxylic acids is 2. The van der Waals surface area contributed by atoms with E-state index < -0.39 is 23.2 Å². The number of pyridine rings is 1. The number of nitrogens with zero attached hydrogens (tertiary/aromatic N) is 5. The molecule has 0 bridgehead atoms. The van der Waals surface area contributed by atoms with Crippen molar-refractivity contribution in [3.8, 4) is 17.7 Å². The Morgan fingerprint density at radius 1 is 1.13 bits per heavy atom. The van der Waals surface area contributed by atoms with E-state index in [4.69, 9.17) is 23.7 Å². The van der Waals surface area contributed by atoms with Gasteiger partial charge in [0.1, 0.15) is 21.9 Å². The van der Waals surface area contributed by atoms with E-state index in [1.54, 1.807) is 44.5 Å². The first-order valence-electron chi connectivity index (χ1n) is 17.3. The normalized spacial score (nSPS) is 16.5. The first-order valence-corrected chi connectivity index (χ1v) is 18.1. The van der Waals surface area contributed by atoms with Crippen molar-refractivity contribution < 1.29 is 46.4 Å². The van der Waals surface area contributed by atoms with Crippen molar-refractivity contribution in [2.45, 2.75) is 69.3 Å². The Hall–Kier alpha value is -4.18.